The maximum Gasteiger partial charge on any atom is 0.268 e. The predicted octanol–water partition coefficient (Wildman–Crippen LogP) is 2.18. The number of nitrogens with one attached hydrogen (secondary N) is 2. The monoisotopic (exact) mass is 289 g/mol. The Morgan fingerprint density at radius 3 is 2.71 bits per heavy atom. The number of carbonyl (C=O) groups excluding carboxylic acids is 2. The van der Waals surface area contributed by atoms with Gasteiger partial charge in [-0.3, -0.25) is 9.59 Å². The first-order valence-corrected chi connectivity index (χ1v) is 6.87. The molecule has 112 valence electrons. The average molecular weight is 289 g/mol. The quantitative estimate of drug-likeness (QED) is 0.630. The molecule has 2 N–H and O–H groups in total. The molecule has 6 nitrogen and oxygen atoms in total. The summed E-state index contributed by atoms with van der Waals surface area (Å²) in [5.74, 6) is -0.221. The van der Waals surface area contributed by atoms with Gasteiger partial charge in [0.25, 0.3) is 5.91 Å². The zero-order valence-corrected chi connectivity index (χ0v) is 12.4. The van der Waals surface area contributed by atoms with E-state index < -0.39 is 0 Å². The molecule has 21 heavy (non-hydrogen) atoms. The van der Waals surface area contributed by atoms with Crippen LogP contribution in [-0.4, -0.2) is 28.4 Å². The summed E-state index contributed by atoms with van der Waals surface area (Å²) in [5, 5.41) is 6.47. The summed E-state index contributed by atoms with van der Waals surface area (Å²) >= 11 is 0. The van der Waals surface area contributed by atoms with Gasteiger partial charge in [0, 0.05) is 23.4 Å². The van der Waals surface area contributed by atoms with Crippen LogP contribution in [0.5, 0.6) is 0 Å². The number of rotatable bonds is 6. The number of hydrogen-bond donors (Lipinski definition) is 2. The van der Waals surface area contributed by atoms with Crippen molar-refractivity contribution >= 4 is 11.7 Å². The average Bonchev–Trinajstić information content (AvgIpc) is 3.02. The van der Waals surface area contributed by atoms with Crippen molar-refractivity contribution in [2.75, 3.05) is 6.54 Å². The number of amides is 1. The number of nitrogens with zero attached hydrogens (tertiary/aromatic N) is 1. The zero-order chi connectivity index (χ0) is 15.4. The lowest BCUT2D eigenvalue weighted by Crippen LogP contribution is -2.25. The van der Waals surface area contributed by atoms with Crippen LogP contribution >= 0.6 is 0 Å². The van der Waals surface area contributed by atoms with Crippen molar-refractivity contribution in [1.29, 1.82) is 0 Å². The summed E-state index contributed by atoms with van der Waals surface area (Å²) in [5.41, 5.74) is 3.51. The van der Waals surface area contributed by atoms with Crippen LogP contribution in [0.2, 0.25) is 0 Å². The minimum atomic E-state index is -0.187. The highest BCUT2D eigenvalue weighted by Crippen LogP contribution is 2.18. The Bertz CT molecular complexity index is 641. The normalized spacial score (nSPS) is 10.6. The van der Waals surface area contributed by atoms with E-state index in [2.05, 4.69) is 15.5 Å². The van der Waals surface area contributed by atoms with E-state index in [9.17, 15) is 9.59 Å². The molecule has 0 atom stereocenters. The largest absolute Gasteiger partial charge is 0.364 e. The molecule has 0 aliphatic carbocycles. The smallest absolute Gasteiger partial charge is 0.268 e. The molecule has 0 bridgehead atoms. The van der Waals surface area contributed by atoms with E-state index in [0.717, 1.165) is 24.1 Å². The fraction of sp³-hybridized carbons (Fsp3) is 0.400. The fourth-order valence-electron chi connectivity index (χ4n) is 2.44. The van der Waals surface area contributed by atoms with Crippen molar-refractivity contribution in [1.82, 2.24) is 15.5 Å². The van der Waals surface area contributed by atoms with Gasteiger partial charge in [-0.25, -0.2) is 0 Å². The molecule has 0 aromatic carbocycles. The first kappa shape index (κ1) is 15.0. The molecule has 2 aromatic rings. The van der Waals surface area contributed by atoms with Crippen LogP contribution < -0.4 is 5.32 Å². The van der Waals surface area contributed by atoms with Gasteiger partial charge in [-0.05, 0) is 39.2 Å². The van der Waals surface area contributed by atoms with Crippen molar-refractivity contribution in [3.63, 3.8) is 0 Å². The second-order valence-corrected chi connectivity index (χ2v) is 5.07. The number of hydrogen-bond acceptors (Lipinski definition) is 4. The van der Waals surface area contributed by atoms with Gasteiger partial charge in [-0.1, -0.05) is 5.16 Å². The molecule has 0 unspecified atom stereocenters. The molecule has 0 spiro atoms. The van der Waals surface area contributed by atoms with Crippen molar-refractivity contribution in [2.45, 2.75) is 33.6 Å². The number of aromatic amines is 1. The van der Waals surface area contributed by atoms with Gasteiger partial charge in [0.1, 0.15) is 12.0 Å². The minimum absolute atomic E-state index is 0.0345. The maximum atomic E-state index is 12.1. The van der Waals surface area contributed by atoms with E-state index >= 15 is 0 Å². The Labute approximate surface area is 122 Å². The van der Waals surface area contributed by atoms with Gasteiger partial charge in [-0.2, -0.15) is 0 Å². The lowest BCUT2D eigenvalue weighted by Gasteiger charge is -2.04. The van der Waals surface area contributed by atoms with Gasteiger partial charge in [0.15, 0.2) is 5.78 Å². The van der Waals surface area contributed by atoms with Crippen molar-refractivity contribution < 1.29 is 14.1 Å². The molecule has 0 aliphatic heterocycles. The Morgan fingerprint density at radius 1 is 1.38 bits per heavy atom. The van der Waals surface area contributed by atoms with E-state index in [1.807, 2.05) is 0 Å². The van der Waals surface area contributed by atoms with Gasteiger partial charge in [-0.15, -0.1) is 0 Å². The molecular formula is C15H19N3O3. The van der Waals surface area contributed by atoms with Gasteiger partial charge in [0.2, 0.25) is 0 Å². The van der Waals surface area contributed by atoms with E-state index in [0.29, 0.717) is 23.4 Å². The Kier molecular flexibility index (Phi) is 4.57. The third-order valence-electron chi connectivity index (χ3n) is 3.43. The number of aryl methyl sites for hydroxylation is 2. The number of H-pyrrole nitrogens is 1. The van der Waals surface area contributed by atoms with Crippen molar-refractivity contribution in [3.8, 4) is 0 Å². The van der Waals surface area contributed by atoms with Crippen LogP contribution in [0.1, 0.15) is 51.0 Å². The molecule has 2 aromatic heterocycles. The third kappa shape index (κ3) is 3.39. The number of aromatic nitrogens is 2. The first-order chi connectivity index (χ1) is 10.0. The highest BCUT2D eigenvalue weighted by Gasteiger charge is 2.19. The van der Waals surface area contributed by atoms with Crippen molar-refractivity contribution in [3.05, 3.63) is 40.5 Å². The highest BCUT2D eigenvalue weighted by molar-refractivity contribution is 6.02. The van der Waals surface area contributed by atoms with Crippen LogP contribution in [0.15, 0.2) is 17.0 Å². The first-order valence-electron chi connectivity index (χ1n) is 6.87. The SMILES string of the molecule is CC(=O)c1c(C)[nH]c(C(=O)NCCCc2cnoc2)c1C. The molecular weight excluding hydrogens is 270 g/mol. The summed E-state index contributed by atoms with van der Waals surface area (Å²) in [7, 11) is 0. The van der Waals surface area contributed by atoms with E-state index in [4.69, 9.17) is 4.52 Å². The standard InChI is InChI=1S/C15H19N3O3/c1-9-13(11(3)19)10(2)18-14(9)15(20)16-6-4-5-12-7-17-21-8-12/h7-8,18H,4-6H2,1-3H3,(H,16,20). The highest BCUT2D eigenvalue weighted by atomic mass is 16.5. The summed E-state index contributed by atoms with van der Waals surface area (Å²) in [6.45, 7) is 5.64. The molecule has 1 amide bonds. The summed E-state index contributed by atoms with van der Waals surface area (Å²) in [6, 6.07) is 0. The van der Waals surface area contributed by atoms with Crippen LogP contribution in [0.4, 0.5) is 0 Å². The Balaban J connectivity index is 1.91. The predicted molar refractivity (Wildman–Crippen MR) is 77.4 cm³/mol. The number of ketones is 1. The number of carbonyl (C=O) groups is 2. The molecule has 0 fully saturated rings. The Morgan fingerprint density at radius 2 is 2.14 bits per heavy atom. The molecule has 0 aliphatic rings. The van der Waals surface area contributed by atoms with Gasteiger partial charge < -0.3 is 14.8 Å². The second-order valence-electron chi connectivity index (χ2n) is 5.07. The fourth-order valence-corrected chi connectivity index (χ4v) is 2.44. The maximum absolute atomic E-state index is 12.1. The summed E-state index contributed by atoms with van der Waals surface area (Å²) < 4.78 is 4.74. The minimum Gasteiger partial charge on any atom is -0.364 e. The lowest BCUT2D eigenvalue weighted by molar-refractivity contribution is 0.0948. The third-order valence-corrected chi connectivity index (χ3v) is 3.43. The topological polar surface area (TPSA) is 88.0 Å². The van der Waals surface area contributed by atoms with Crippen LogP contribution in [0.25, 0.3) is 0 Å². The second kappa shape index (κ2) is 6.39. The lowest BCUT2D eigenvalue weighted by atomic mass is 10.1. The van der Waals surface area contributed by atoms with Crippen LogP contribution in [0.3, 0.4) is 0 Å². The summed E-state index contributed by atoms with van der Waals surface area (Å²) in [6.07, 6.45) is 4.86. The molecule has 0 saturated carbocycles. The van der Waals surface area contributed by atoms with Crippen LogP contribution in [-0.2, 0) is 6.42 Å². The van der Waals surface area contributed by atoms with Crippen LogP contribution in [0, 0.1) is 13.8 Å². The van der Waals surface area contributed by atoms with Gasteiger partial charge >= 0.3 is 0 Å². The van der Waals surface area contributed by atoms with E-state index in [1.54, 1.807) is 26.3 Å². The van der Waals surface area contributed by atoms with Gasteiger partial charge in [0.05, 0.1) is 6.20 Å². The molecule has 2 rings (SSSR count). The van der Waals surface area contributed by atoms with Crippen molar-refractivity contribution in [2.24, 2.45) is 0 Å². The molecule has 0 radical (unpaired) electrons. The number of Topliss-reactive ketones (excluding diaryl/α,β-unsaturated/α-hetero) is 1. The zero-order valence-electron chi connectivity index (χ0n) is 12.4. The molecule has 0 saturated heterocycles. The van der Waals surface area contributed by atoms with E-state index in [1.165, 1.54) is 6.92 Å². The molecule has 2 heterocycles. The summed E-state index contributed by atoms with van der Waals surface area (Å²) in [4.78, 5) is 26.7. The molecule has 6 heteroatoms. The van der Waals surface area contributed by atoms with E-state index in [-0.39, 0.29) is 11.7 Å². The Hall–Kier alpha value is -2.37.